The molecule has 0 aliphatic heterocycles. The maximum absolute atomic E-state index is 12.3. The van der Waals surface area contributed by atoms with Crippen molar-refractivity contribution in [3.63, 3.8) is 0 Å². The summed E-state index contributed by atoms with van der Waals surface area (Å²) in [7, 11) is -2.46. The summed E-state index contributed by atoms with van der Waals surface area (Å²) in [6.07, 6.45) is 4.16. The molecule has 2 N–H and O–H groups in total. The van der Waals surface area contributed by atoms with E-state index in [1.807, 2.05) is 0 Å². The Morgan fingerprint density at radius 1 is 1.43 bits per heavy atom. The maximum atomic E-state index is 12.3. The van der Waals surface area contributed by atoms with Crippen LogP contribution in [0.3, 0.4) is 0 Å². The van der Waals surface area contributed by atoms with Crippen molar-refractivity contribution in [1.29, 1.82) is 0 Å². The van der Waals surface area contributed by atoms with Gasteiger partial charge in [0, 0.05) is 25.5 Å². The van der Waals surface area contributed by atoms with Gasteiger partial charge < -0.3 is 10.4 Å². The second kappa shape index (κ2) is 7.05. The highest BCUT2D eigenvalue weighted by Gasteiger charge is 2.31. The summed E-state index contributed by atoms with van der Waals surface area (Å²) >= 11 is 0. The van der Waals surface area contributed by atoms with Crippen molar-refractivity contribution >= 4 is 21.9 Å². The normalized spacial score (nSPS) is 21.3. The SMILES string of the molecule is CN(CC(=O)N[C@@H]1CC[C@H](C(=O)O)C1)S(=O)(=O)c1cccnc1. The van der Waals surface area contributed by atoms with Crippen molar-refractivity contribution in [2.75, 3.05) is 13.6 Å². The number of nitrogens with zero attached hydrogens (tertiary/aromatic N) is 2. The van der Waals surface area contributed by atoms with Crippen molar-refractivity contribution in [2.24, 2.45) is 5.92 Å². The number of carboxylic acid groups (broad SMARTS) is 1. The molecule has 1 aliphatic carbocycles. The van der Waals surface area contributed by atoms with Crippen LogP contribution in [0.2, 0.25) is 0 Å². The molecule has 0 unspecified atom stereocenters. The van der Waals surface area contributed by atoms with Crippen molar-refractivity contribution in [3.05, 3.63) is 24.5 Å². The van der Waals surface area contributed by atoms with E-state index < -0.39 is 27.8 Å². The molecule has 0 aromatic carbocycles. The van der Waals surface area contributed by atoms with Crippen LogP contribution in [0, 0.1) is 5.92 Å². The second-order valence-electron chi connectivity index (χ2n) is 5.56. The molecule has 9 heteroatoms. The zero-order chi connectivity index (χ0) is 17.0. The highest BCUT2D eigenvalue weighted by atomic mass is 32.2. The number of rotatable bonds is 6. The van der Waals surface area contributed by atoms with Gasteiger partial charge in [-0.25, -0.2) is 8.42 Å². The van der Waals surface area contributed by atoms with E-state index in [1.54, 1.807) is 0 Å². The Bertz CT molecular complexity index is 677. The highest BCUT2D eigenvalue weighted by Crippen LogP contribution is 2.25. The minimum atomic E-state index is -3.78. The van der Waals surface area contributed by atoms with E-state index in [4.69, 9.17) is 5.11 Å². The predicted octanol–water partition coefficient (Wildman–Crippen LogP) is 0.0716. The standard InChI is InChI=1S/C14H19N3O5S/c1-17(23(21,22)12-3-2-6-15-8-12)9-13(18)16-11-5-4-10(7-11)14(19)20/h2-3,6,8,10-11H,4-5,7,9H2,1H3,(H,16,18)(H,19,20)/t10-,11+/m0/s1. The number of aromatic nitrogens is 1. The molecule has 2 rings (SSSR count). The first kappa shape index (κ1) is 17.4. The maximum Gasteiger partial charge on any atom is 0.306 e. The Morgan fingerprint density at radius 2 is 2.17 bits per heavy atom. The molecule has 1 aliphatic rings. The van der Waals surface area contributed by atoms with Gasteiger partial charge in [-0.05, 0) is 31.4 Å². The van der Waals surface area contributed by atoms with Gasteiger partial charge in [0.2, 0.25) is 15.9 Å². The van der Waals surface area contributed by atoms with Crippen LogP contribution in [-0.2, 0) is 19.6 Å². The van der Waals surface area contributed by atoms with Gasteiger partial charge in [0.05, 0.1) is 12.5 Å². The van der Waals surface area contributed by atoms with E-state index in [-0.39, 0.29) is 17.5 Å². The molecule has 1 aromatic rings. The lowest BCUT2D eigenvalue weighted by molar-refractivity contribution is -0.141. The molecule has 126 valence electrons. The Kier molecular flexibility index (Phi) is 5.32. The molecule has 1 aromatic heterocycles. The average molecular weight is 341 g/mol. The van der Waals surface area contributed by atoms with Crippen molar-refractivity contribution in [3.8, 4) is 0 Å². The summed E-state index contributed by atoms with van der Waals surface area (Å²) < 4.78 is 25.5. The minimum Gasteiger partial charge on any atom is -0.481 e. The molecule has 8 nitrogen and oxygen atoms in total. The summed E-state index contributed by atoms with van der Waals surface area (Å²) in [4.78, 5) is 26.7. The van der Waals surface area contributed by atoms with Crippen LogP contribution in [0.25, 0.3) is 0 Å². The minimum absolute atomic E-state index is 0.0158. The lowest BCUT2D eigenvalue weighted by Gasteiger charge is -2.18. The Balaban J connectivity index is 1.92. The van der Waals surface area contributed by atoms with Crippen LogP contribution >= 0.6 is 0 Å². The first-order chi connectivity index (χ1) is 10.8. The lowest BCUT2D eigenvalue weighted by Crippen LogP contribution is -2.42. The van der Waals surface area contributed by atoms with E-state index in [2.05, 4.69) is 10.3 Å². The summed E-state index contributed by atoms with van der Waals surface area (Å²) in [6.45, 7) is -0.328. The highest BCUT2D eigenvalue weighted by molar-refractivity contribution is 7.89. The van der Waals surface area contributed by atoms with E-state index in [0.717, 1.165) is 4.31 Å². The van der Waals surface area contributed by atoms with Crippen LogP contribution in [0.15, 0.2) is 29.4 Å². The molecule has 1 fully saturated rings. The Labute approximate surface area is 134 Å². The van der Waals surface area contributed by atoms with Gasteiger partial charge in [0.1, 0.15) is 4.90 Å². The van der Waals surface area contributed by atoms with Gasteiger partial charge in [0.15, 0.2) is 0 Å². The van der Waals surface area contributed by atoms with Crippen molar-refractivity contribution < 1.29 is 23.1 Å². The molecular formula is C14H19N3O5S. The largest absolute Gasteiger partial charge is 0.481 e. The van der Waals surface area contributed by atoms with Crippen LogP contribution < -0.4 is 5.32 Å². The monoisotopic (exact) mass is 341 g/mol. The van der Waals surface area contributed by atoms with Crippen molar-refractivity contribution in [1.82, 2.24) is 14.6 Å². The van der Waals surface area contributed by atoms with Crippen LogP contribution in [-0.4, -0.2) is 54.3 Å². The fraction of sp³-hybridized carbons (Fsp3) is 0.500. The molecule has 1 saturated carbocycles. The van der Waals surface area contributed by atoms with Gasteiger partial charge >= 0.3 is 5.97 Å². The molecule has 1 amide bonds. The number of hydrogen-bond donors (Lipinski definition) is 2. The first-order valence-corrected chi connectivity index (χ1v) is 8.63. The smallest absolute Gasteiger partial charge is 0.306 e. The predicted molar refractivity (Wildman–Crippen MR) is 81.0 cm³/mol. The molecule has 23 heavy (non-hydrogen) atoms. The summed E-state index contributed by atoms with van der Waals surface area (Å²) in [5.74, 6) is -1.76. The van der Waals surface area contributed by atoms with E-state index in [9.17, 15) is 18.0 Å². The summed E-state index contributed by atoms with van der Waals surface area (Å²) in [5.41, 5.74) is 0. The number of carbonyl (C=O) groups excluding carboxylic acids is 1. The number of sulfonamides is 1. The van der Waals surface area contributed by atoms with Crippen LogP contribution in [0.4, 0.5) is 0 Å². The topological polar surface area (TPSA) is 117 Å². The number of nitrogens with one attached hydrogen (secondary N) is 1. The zero-order valence-electron chi connectivity index (χ0n) is 12.7. The van der Waals surface area contributed by atoms with Gasteiger partial charge in [0.25, 0.3) is 0 Å². The number of likely N-dealkylation sites (N-methyl/N-ethyl adjacent to an activating group) is 1. The number of carbonyl (C=O) groups is 2. The summed E-state index contributed by atoms with van der Waals surface area (Å²) in [5, 5.41) is 11.6. The number of carboxylic acids is 1. The van der Waals surface area contributed by atoms with Crippen LogP contribution in [0.5, 0.6) is 0 Å². The van der Waals surface area contributed by atoms with Gasteiger partial charge in [-0.1, -0.05) is 0 Å². The molecule has 0 bridgehead atoms. The Morgan fingerprint density at radius 3 is 2.74 bits per heavy atom. The molecular weight excluding hydrogens is 322 g/mol. The third kappa shape index (κ3) is 4.26. The first-order valence-electron chi connectivity index (χ1n) is 7.19. The fourth-order valence-corrected chi connectivity index (χ4v) is 3.67. The number of pyridine rings is 1. The average Bonchev–Trinajstić information content (AvgIpc) is 2.96. The molecule has 0 saturated heterocycles. The lowest BCUT2D eigenvalue weighted by atomic mass is 10.1. The van der Waals surface area contributed by atoms with Gasteiger partial charge in [-0.2, -0.15) is 4.31 Å². The third-order valence-corrected chi connectivity index (χ3v) is 5.64. The number of hydrogen-bond acceptors (Lipinski definition) is 5. The number of aliphatic carboxylic acids is 1. The third-order valence-electron chi connectivity index (χ3n) is 3.86. The van der Waals surface area contributed by atoms with E-state index in [0.29, 0.717) is 19.3 Å². The molecule has 1 heterocycles. The Hall–Kier alpha value is -2.00. The second-order valence-corrected chi connectivity index (χ2v) is 7.61. The van der Waals surface area contributed by atoms with Gasteiger partial charge in [-0.15, -0.1) is 0 Å². The quantitative estimate of drug-likeness (QED) is 0.756. The van der Waals surface area contributed by atoms with E-state index in [1.165, 1.54) is 31.6 Å². The van der Waals surface area contributed by atoms with E-state index >= 15 is 0 Å². The van der Waals surface area contributed by atoms with Gasteiger partial charge in [-0.3, -0.25) is 14.6 Å². The zero-order valence-corrected chi connectivity index (χ0v) is 13.5. The fourth-order valence-electron chi connectivity index (χ4n) is 2.58. The van der Waals surface area contributed by atoms with Crippen molar-refractivity contribution in [2.45, 2.75) is 30.2 Å². The van der Waals surface area contributed by atoms with Crippen LogP contribution in [0.1, 0.15) is 19.3 Å². The molecule has 2 atom stereocenters. The molecule has 0 radical (unpaired) electrons. The number of amides is 1. The molecule has 0 spiro atoms. The summed E-state index contributed by atoms with van der Waals surface area (Å²) in [6, 6.07) is 2.69.